The summed E-state index contributed by atoms with van der Waals surface area (Å²) >= 11 is 5.86. The Balaban J connectivity index is 2.04. The summed E-state index contributed by atoms with van der Waals surface area (Å²) in [5.41, 5.74) is 0.733. The average molecular weight is 632 g/mol. The highest BCUT2D eigenvalue weighted by Crippen LogP contribution is 2.36. The zero-order valence-corrected chi connectivity index (χ0v) is 23.2. The molecule has 0 aliphatic carbocycles. The molecule has 0 fully saturated rings. The molecule has 16 heteroatoms. The van der Waals surface area contributed by atoms with Crippen LogP contribution in [0.25, 0.3) is 17.6 Å². The van der Waals surface area contributed by atoms with Gasteiger partial charge in [0, 0.05) is 29.3 Å². The maximum absolute atomic E-state index is 13.8. The van der Waals surface area contributed by atoms with E-state index < -0.39 is 71.2 Å². The van der Waals surface area contributed by atoms with Gasteiger partial charge in [-0.1, -0.05) is 29.8 Å². The lowest BCUT2D eigenvalue weighted by Crippen LogP contribution is -2.54. The van der Waals surface area contributed by atoms with Crippen LogP contribution in [0.2, 0.25) is 5.02 Å². The molecule has 1 atom stereocenters. The van der Waals surface area contributed by atoms with Crippen molar-refractivity contribution < 1.29 is 40.7 Å². The summed E-state index contributed by atoms with van der Waals surface area (Å²) in [5, 5.41) is 6.47. The predicted octanol–water partition coefficient (Wildman–Crippen LogP) is 4.54. The van der Waals surface area contributed by atoms with Crippen LogP contribution in [0.4, 0.5) is 26.3 Å². The second-order valence-corrected chi connectivity index (χ2v) is 10.3. The molecule has 0 bridgehead atoms. The van der Waals surface area contributed by atoms with Gasteiger partial charge in [0.1, 0.15) is 12.1 Å². The number of hydrogen-bond acceptors (Lipinski definition) is 5. The highest BCUT2D eigenvalue weighted by molar-refractivity contribution is 6.30. The number of nitrogens with one attached hydrogen (secondary N) is 1. The van der Waals surface area contributed by atoms with E-state index in [2.05, 4.69) is 10.4 Å². The minimum atomic E-state index is -4.93. The molecule has 3 N–H and O–H groups in total. The molecule has 43 heavy (non-hydrogen) atoms. The number of ketones is 1. The lowest BCUT2D eigenvalue weighted by molar-refractivity contribution is -0.139. The number of alkyl halides is 6. The van der Waals surface area contributed by atoms with Crippen molar-refractivity contribution in [1.82, 2.24) is 19.7 Å². The van der Waals surface area contributed by atoms with E-state index in [9.17, 15) is 45.5 Å². The summed E-state index contributed by atoms with van der Waals surface area (Å²) < 4.78 is 81.2. The largest absolute Gasteiger partial charge is 0.416 e. The number of halogens is 7. The van der Waals surface area contributed by atoms with Gasteiger partial charge in [0.15, 0.2) is 11.6 Å². The molecule has 0 saturated carbocycles. The molecular weight excluding hydrogens is 608 g/mol. The molecule has 1 heterocycles. The van der Waals surface area contributed by atoms with Gasteiger partial charge in [-0.25, -0.2) is 14.0 Å². The molecule has 2 amide bonds. The number of nitrogens with two attached hydrogens (primary N) is 1. The molecule has 0 aliphatic heterocycles. The van der Waals surface area contributed by atoms with Gasteiger partial charge in [0.2, 0.25) is 11.8 Å². The van der Waals surface area contributed by atoms with Crippen LogP contribution in [-0.2, 0) is 27.1 Å². The van der Waals surface area contributed by atoms with Crippen LogP contribution in [0.15, 0.2) is 59.4 Å². The van der Waals surface area contributed by atoms with Crippen molar-refractivity contribution in [1.29, 1.82) is 0 Å². The fourth-order valence-electron chi connectivity index (χ4n) is 3.93. The third-order valence-electron chi connectivity index (χ3n) is 6.15. The van der Waals surface area contributed by atoms with E-state index in [1.165, 1.54) is 44.2 Å². The Kier molecular flexibility index (Phi) is 9.59. The number of rotatable bonds is 10. The summed E-state index contributed by atoms with van der Waals surface area (Å²) in [6.07, 6.45) is -10.5. The summed E-state index contributed by atoms with van der Waals surface area (Å²) in [5.74, 6) is -5.21. The zero-order valence-electron chi connectivity index (χ0n) is 22.5. The third kappa shape index (κ3) is 8.34. The van der Waals surface area contributed by atoms with Crippen molar-refractivity contribution in [3.63, 3.8) is 0 Å². The van der Waals surface area contributed by atoms with E-state index in [1.54, 1.807) is 0 Å². The second-order valence-electron chi connectivity index (χ2n) is 9.86. The number of aromatic nitrogens is 3. The number of Topliss-reactive ketones (excluding diaryl/α,β-unsaturated/α-hetero) is 1. The van der Waals surface area contributed by atoms with Crippen LogP contribution in [0.5, 0.6) is 0 Å². The minimum Gasteiger partial charge on any atom is -0.368 e. The molecule has 0 radical (unpaired) electrons. The van der Waals surface area contributed by atoms with E-state index in [0.29, 0.717) is 21.5 Å². The van der Waals surface area contributed by atoms with Gasteiger partial charge in [-0.3, -0.25) is 14.4 Å². The smallest absolute Gasteiger partial charge is 0.368 e. The molecule has 9 nitrogen and oxygen atoms in total. The number of carbonyl (C=O) groups excluding carboxylic acids is 3. The van der Waals surface area contributed by atoms with E-state index in [4.69, 9.17) is 17.3 Å². The zero-order chi connectivity index (χ0) is 32.3. The van der Waals surface area contributed by atoms with Crippen molar-refractivity contribution in [2.75, 3.05) is 0 Å². The van der Waals surface area contributed by atoms with Crippen molar-refractivity contribution in [2.24, 2.45) is 5.73 Å². The Bertz CT molecular complexity index is 1610. The predicted molar refractivity (Wildman–Crippen MR) is 144 cm³/mol. The Labute approximate surface area is 244 Å². The maximum atomic E-state index is 13.8. The molecular formula is C27H24ClF6N5O4. The standard InChI is InChI=1S/C27H24ClF6N5O4/c1-25(2,23(35)42)36-22(41)19(18-5-3-4-6-20(18)27(32,33)34)13-17(40)14-39-24(43)38(12-11-26(29,30)31)21(37-39)15-7-9-16(28)10-8-15/h3-12,19H,13-14H2,1-2H3,(H2,35,42)(H,36,41)/b12-11+. The number of amides is 2. The fraction of sp³-hybridized carbons (Fsp3) is 0.296. The Morgan fingerprint density at radius 1 is 1.02 bits per heavy atom. The number of carbonyl (C=O) groups is 3. The lowest BCUT2D eigenvalue weighted by Gasteiger charge is -2.27. The van der Waals surface area contributed by atoms with Crippen molar-refractivity contribution >= 4 is 35.4 Å². The Hall–Kier alpha value is -4.40. The molecule has 3 aromatic rings. The number of nitrogens with zero attached hydrogens (tertiary/aromatic N) is 3. The van der Waals surface area contributed by atoms with Crippen LogP contribution in [-0.4, -0.2) is 43.7 Å². The van der Waals surface area contributed by atoms with E-state index in [-0.39, 0.29) is 22.5 Å². The van der Waals surface area contributed by atoms with E-state index in [1.807, 2.05) is 0 Å². The van der Waals surface area contributed by atoms with Crippen LogP contribution in [0, 0.1) is 0 Å². The molecule has 1 unspecified atom stereocenters. The highest BCUT2D eigenvalue weighted by Gasteiger charge is 2.39. The van der Waals surface area contributed by atoms with Gasteiger partial charge in [-0.15, -0.1) is 5.10 Å². The Morgan fingerprint density at radius 3 is 2.19 bits per heavy atom. The second kappa shape index (κ2) is 12.5. The summed E-state index contributed by atoms with van der Waals surface area (Å²) in [6.45, 7) is 1.50. The van der Waals surface area contributed by atoms with E-state index >= 15 is 0 Å². The molecule has 0 aliphatic rings. The van der Waals surface area contributed by atoms with Crippen LogP contribution in [0.3, 0.4) is 0 Å². The normalized spacial score (nSPS) is 13.2. The monoisotopic (exact) mass is 631 g/mol. The quantitative estimate of drug-likeness (QED) is 0.318. The van der Waals surface area contributed by atoms with Gasteiger partial charge in [-0.2, -0.15) is 26.3 Å². The molecule has 2 aromatic carbocycles. The maximum Gasteiger partial charge on any atom is 0.416 e. The molecule has 3 rings (SSSR count). The van der Waals surface area contributed by atoms with Crippen LogP contribution < -0.4 is 16.7 Å². The van der Waals surface area contributed by atoms with Crippen molar-refractivity contribution in [2.45, 2.75) is 50.6 Å². The molecule has 0 spiro atoms. The highest BCUT2D eigenvalue weighted by atomic mass is 35.5. The lowest BCUT2D eigenvalue weighted by atomic mass is 9.88. The van der Waals surface area contributed by atoms with Gasteiger partial charge in [-0.05, 0) is 49.7 Å². The SMILES string of the molecule is CC(C)(NC(=O)C(CC(=O)Cn1nc(-c2ccc(Cl)cc2)n(/C=C/C(F)(F)F)c1=O)c1ccccc1C(F)(F)F)C(N)=O. The number of benzene rings is 2. The third-order valence-corrected chi connectivity index (χ3v) is 6.41. The molecule has 230 valence electrons. The van der Waals surface area contributed by atoms with Gasteiger partial charge in [0.05, 0.1) is 11.5 Å². The van der Waals surface area contributed by atoms with Gasteiger partial charge >= 0.3 is 18.0 Å². The van der Waals surface area contributed by atoms with Gasteiger partial charge in [0.25, 0.3) is 0 Å². The average Bonchev–Trinajstić information content (AvgIpc) is 3.19. The summed E-state index contributed by atoms with van der Waals surface area (Å²) in [6, 6.07) is 9.49. The first-order chi connectivity index (χ1) is 19.8. The first-order valence-corrected chi connectivity index (χ1v) is 12.7. The fourth-order valence-corrected chi connectivity index (χ4v) is 4.06. The van der Waals surface area contributed by atoms with Crippen molar-refractivity contribution in [3.8, 4) is 11.4 Å². The van der Waals surface area contributed by atoms with E-state index in [0.717, 1.165) is 12.1 Å². The summed E-state index contributed by atoms with van der Waals surface area (Å²) in [7, 11) is 0. The number of hydrogen-bond donors (Lipinski definition) is 2. The number of allylic oxidation sites excluding steroid dienone is 1. The van der Waals surface area contributed by atoms with Gasteiger partial charge < -0.3 is 11.1 Å². The summed E-state index contributed by atoms with van der Waals surface area (Å²) in [4.78, 5) is 51.1. The first kappa shape index (κ1) is 33.1. The van der Waals surface area contributed by atoms with Crippen LogP contribution >= 0.6 is 11.6 Å². The van der Waals surface area contributed by atoms with Crippen LogP contribution in [0.1, 0.15) is 37.3 Å². The number of primary amides is 1. The molecule has 0 saturated heterocycles. The first-order valence-electron chi connectivity index (χ1n) is 12.3. The minimum absolute atomic E-state index is 0.157. The van der Waals surface area contributed by atoms with Crippen molar-refractivity contribution in [3.05, 3.63) is 81.2 Å². The molecule has 1 aromatic heterocycles. The topological polar surface area (TPSA) is 129 Å². The Morgan fingerprint density at radius 2 is 1.63 bits per heavy atom.